The molecule has 2 aromatic heterocycles. The van der Waals surface area contributed by atoms with Gasteiger partial charge in [-0.1, -0.05) is 58.5 Å². The van der Waals surface area contributed by atoms with E-state index in [1.54, 1.807) is 24.5 Å². The van der Waals surface area contributed by atoms with Gasteiger partial charge >= 0.3 is 11.9 Å². The zero-order valence-electron chi connectivity index (χ0n) is 49.8. The van der Waals surface area contributed by atoms with E-state index in [0.717, 1.165) is 0 Å². The summed E-state index contributed by atoms with van der Waals surface area (Å²) in [4.78, 5) is 110. The van der Waals surface area contributed by atoms with Gasteiger partial charge in [0.25, 0.3) is 0 Å². The van der Waals surface area contributed by atoms with Gasteiger partial charge in [-0.15, -0.1) is 0 Å². The SMILES string of the molecule is O=C(O)CC(NC(=O)[C@H](COCCOCCOCCNC(=O)CCC(=O)NCCOCCOCCOC[C@H](NC(=O)CCCCNc1ccccn1)C(=O)NC(CC(=O)O)c1cc(Cl)cc(Cl)c1)NC(=O)CCCCNc1ccccn1)c1cc(Cl)cc(Cl)c1. The summed E-state index contributed by atoms with van der Waals surface area (Å²) < 4.78 is 33.6. The second-order valence-corrected chi connectivity index (χ2v) is 21.7. The number of aromatic nitrogens is 2. The smallest absolute Gasteiger partial charge is 0.305 e. The number of carbonyl (C=O) groups excluding carboxylic acids is 6. The number of ether oxygens (including phenoxy) is 6. The average Bonchev–Trinajstić information content (AvgIpc) is 2.93. The quantitative estimate of drug-likeness (QED) is 0.0237. The van der Waals surface area contributed by atoms with Crippen LogP contribution in [0.2, 0.25) is 20.1 Å². The molecule has 0 bridgehead atoms. The van der Waals surface area contributed by atoms with Crippen LogP contribution in [0.1, 0.15) is 87.4 Å². The van der Waals surface area contributed by atoms with Crippen LogP contribution in [-0.4, -0.2) is 185 Å². The van der Waals surface area contributed by atoms with Crippen LogP contribution in [0.4, 0.5) is 11.6 Å². The Bertz CT molecular complexity index is 2590. The second kappa shape index (κ2) is 45.3. The zero-order valence-corrected chi connectivity index (χ0v) is 52.8. The van der Waals surface area contributed by atoms with E-state index in [2.05, 4.69) is 52.5 Å². The van der Waals surface area contributed by atoms with Gasteiger partial charge in [-0.25, -0.2) is 9.97 Å². The summed E-state index contributed by atoms with van der Waals surface area (Å²) in [5.74, 6) is -3.79. The fraction of sp³-hybridized carbons (Fsp3) is 0.500. The molecule has 10 N–H and O–H groups in total. The summed E-state index contributed by atoms with van der Waals surface area (Å²) in [5.41, 5.74) is 0.730. The third-order valence-corrected chi connectivity index (χ3v) is 13.5. The van der Waals surface area contributed by atoms with E-state index in [1.807, 2.05) is 24.3 Å². The Kier molecular flexibility index (Phi) is 38.0. The number of carboxylic acid groups (broad SMARTS) is 2. The van der Waals surface area contributed by atoms with Gasteiger partial charge in [-0.3, -0.25) is 38.4 Å². The summed E-state index contributed by atoms with van der Waals surface area (Å²) in [6.07, 6.45) is 4.84. The molecule has 4 rings (SSSR count). The molecule has 26 nitrogen and oxygen atoms in total. The van der Waals surface area contributed by atoms with E-state index in [0.29, 0.717) is 61.5 Å². The lowest BCUT2D eigenvalue weighted by molar-refractivity contribution is -0.139. The Morgan fingerprint density at radius 1 is 0.411 bits per heavy atom. The Hall–Kier alpha value is -6.98. The first-order valence-electron chi connectivity index (χ1n) is 29.3. The van der Waals surface area contributed by atoms with Crippen molar-refractivity contribution in [2.24, 2.45) is 0 Å². The number of pyridine rings is 2. The van der Waals surface area contributed by atoms with Crippen molar-refractivity contribution in [1.29, 1.82) is 0 Å². The highest BCUT2D eigenvalue weighted by Crippen LogP contribution is 2.27. The number of nitrogens with one attached hydrogen (secondary N) is 8. The maximum Gasteiger partial charge on any atom is 0.305 e. The number of unbranched alkanes of at least 4 members (excludes halogenated alkanes) is 2. The fourth-order valence-corrected chi connectivity index (χ4v) is 9.34. The van der Waals surface area contributed by atoms with E-state index in [1.165, 1.54) is 36.4 Å². The minimum Gasteiger partial charge on any atom is -0.481 e. The standard InChI is InChI=1S/C60H80Cl4N10O16/c61-43-31-41(32-44(62)35-43)47(37-57(79)80)73-59(83)49(71-55(77)11-3-7-17-67-51-9-1-5-15-65-51)39-89-29-27-87-25-23-85-21-19-69-53(75)13-14-54(76)70-20-22-86-24-26-88-28-30-90-40-50(72-56(78)12-4-8-18-68-52-10-2-6-16-66-52)60(84)74-48(38-58(81)82)42-33-45(63)36-46(64)34-42/h1-2,5-6,9-10,15-16,31-36,47-50H,3-4,7-8,11-14,17-30,37-40H2,(H,65,67)(H,66,68)(H,69,75)(H,70,76)(H,71,77)(H,72,78)(H,73,83)(H,74,84)(H,79,80)(H,81,82)/t47?,48?,49-,50-/m0/s1. The molecule has 2 heterocycles. The summed E-state index contributed by atoms with van der Waals surface area (Å²) >= 11 is 24.7. The van der Waals surface area contributed by atoms with Crippen molar-refractivity contribution >= 4 is 105 Å². The number of carbonyl (C=O) groups is 8. The monoisotopic (exact) mass is 1340 g/mol. The topological polar surface area (TPSA) is 354 Å². The molecular weight excluding hydrogens is 1260 g/mol. The molecule has 6 amide bonds. The number of hydrogen-bond donors (Lipinski definition) is 10. The molecule has 30 heteroatoms. The van der Waals surface area contributed by atoms with Crippen LogP contribution < -0.4 is 42.5 Å². The Labute approximate surface area is 542 Å². The van der Waals surface area contributed by atoms with Gasteiger partial charge in [0.05, 0.1) is 104 Å². The van der Waals surface area contributed by atoms with Gasteiger partial charge in [0.15, 0.2) is 0 Å². The first-order chi connectivity index (χ1) is 43.4. The van der Waals surface area contributed by atoms with E-state index in [9.17, 15) is 48.6 Å². The van der Waals surface area contributed by atoms with Crippen molar-refractivity contribution in [1.82, 2.24) is 41.9 Å². The zero-order chi connectivity index (χ0) is 65.1. The lowest BCUT2D eigenvalue weighted by Gasteiger charge is -2.23. The first-order valence-corrected chi connectivity index (χ1v) is 30.8. The van der Waals surface area contributed by atoms with Crippen LogP contribution in [0.25, 0.3) is 0 Å². The largest absolute Gasteiger partial charge is 0.481 e. The maximum atomic E-state index is 13.6. The normalized spacial score (nSPS) is 12.4. The lowest BCUT2D eigenvalue weighted by Crippen LogP contribution is -2.50. The van der Waals surface area contributed by atoms with Gasteiger partial charge in [0, 0.05) is 84.3 Å². The molecule has 0 spiro atoms. The van der Waals surface area contributed by atoms with Gasteiger partial charge in [-0.2, -0.15) is 0 Å². The molecule has 0 saturated carbocycles. The third-order valence-electron chi connectivity index (χ3n) is 12.6. The Morgan fingerprint density at radius 3 is 1.11 bits per heavy atom. The molecule has 0 radical (unpaired) electrons. The number of rotatable bonds is 49. The molecule has 0 saturated heterocycles. The molecule has 0 aliphatic rings. The average molecular weight is 1340 g/mol. The number of anilines is 2. The number of hydrogen-bond acceptors (Lipinski definition) is 18. The number of amides is 6. The molecule has 90 heavy (non-hydrogen) atoms. The van der Waals surface area contributed by atoms with E-state index in [-0.39, 0.29) is 150 Å². The number of aliphatic carboxylic acids is 2. The number of benzene rings is 2. The molecule has 0 fully saturated rings. The molecular formula is C60H80Cl4N10O16. The van der Waals surface area contributed by atoms with Crippen LogP contribution >= 0.6 is 46.4 Å². The number of carboxylic acids is 2. The minimum absolute atomic E-state index is 0.0459. The maximum absolute atomic E-state index is 13.6. The minimum atomic E-state index is -1.19. The first kappa shape index (κ1) is 75.5. The summed E-state index contributed by atoms with van der Waals surface area (Å²) in [6, 6.07) is 15.5. The number of halogens is 4. The van der Waals surface area contributed by atoms with Crippen molar-refractivity contribution in [3.05, 3.63) is 116 Å². The molecule has 2 aromatic carbocycles. The van der Waals surface area contributed by atoms with Crippen LogP contribution in [0.5, 0.6) is 0 Å². The van der Waals surface area contributed by atoms with Crippen LogP contribution in [-0.2, 0) is 66.8 Å². The molecule has 2 unspecified atom stereocenters. The van der Waals surface area contributed by atoms with E-state index >= 15 is 0 Å². The van der Waals surface area contributed by atoms with Crippen molar-refractivity contribution in [3.8, 4) is 0 Å². The molecule has 4 atom stereocenters. The van der Waals surface area contributed by atoms with Crippen molar-refractivity contribution in [3.63, 3.8) is 0 Å². The predicted octanol–water partition coefficient (Wildman–Crippen LogP) is 5.70. The molecule has 4 aromatic rings. The molecule has 0 aliphatic carbocycles. The van der Waals surface area contributed by atoms with Crippen molar-refractivity contribution in [2.45, 2.75) is 88.4 Å². The number of nitrogens with zero attached hydrogens (tertiary/aromatic N) is 2. The second-order valence-electron chi connectivity index (χ2n) is 20.0. The van der Waals surface area contributed by atoms with Gasteiger partial charge in [0.2, 0.25) is 35.4 Å². The Morgan fingerprint density at radius 2 is 0.767 bits per heavy atom. The molecule has 0 aliphatic heterocycles. The van der Waals surface area contributed by atoms with Crippen LogP contribution in [0.15, 0.2) is 85.2 Å². The fourth-order valence-electron chi connectivity index (χ4n) is 8.25. The van der Waals surface area contributed by atoms with E-state index in [4.69, 9.17) is 74.8 Å². The highest BCUT2D eigenvalue weighted by molar-refractivity contribution is 6.35. The highest BCUT2D eigenvalue weighted by atomic mass is 35.5. The van der Waals surface area contributed by atoms with Crippen LogP contribution in [0.3, 0.4) is 0 Å². The Balaban J connectivity index is 1.03. The van der Waals surface area contributed by atoms with Gasteiger partial charge in [0.1, 0.15) is 23.7 Å². The third kappa shape index (κ3) is 34.8. The van der Waals surface area contributed by atoms with Gasteiger partial charge < -0.3 is 81.2 Å². The predicted molar refractivity (Wildman–Crippen MR) is 336 cm³/mol. The molecule has 494 valence electrons. The summed E-state index contributed by atoms with van der Waals surface area (Å²) in [6.45, 7) is 2.52. The highest BCUT2D eigenvalue weighted by Gasteiger charge is 2.28. The van der Waals surface area contributed by atoms with E-state index < -0.39 is 72.6 Å². The van der Waals surface area contributed by atoms with Crippen molar-refractivity contribution in [2.75, 3.05) is 116 Å². The summed E-state index contributed by atoms with van der Waals surface area (Å²) in [5, 5.41) is 42.7. The summed E-state index contributed by atoms with van der Waals surface area (Å²) in [7, 11) is 0. The van der Waals surface area contributed by atoms with Crippen molar-refractivity contribution < 1.29 is 77.0 Å². The lowest BCUT2D eigenvalue weighted by atomic mass is 10.0. The van der Waals surface area contributed by atoms with Gasteiger partial charge in [-0.05, 0) is 97.5 Å². The van der Waals surface area contributed by atoms with Crippen LogP contribution in [0, 0.1) is 0 Å².